The number of anilines is 3. The predicted octanol–water partition coefficient (Wildman–Crippen LogP) is 3.15. The van der Waals surface area contributed by atoms with Gasteiger partial charge >= 0.3 is 0 Å². The molecule has 0 unspecified atom stereocenters. The SMILES string of the molecule is Nc1ccc2nc(Nc3cc(Br)ccc3F)[nH]c(=O)c2c1. The summed E-state index contributed by atoms with van der Waals surface area (Å²) in [6.45, 7) is 0. The molecule has 1 heterocycles. The maximum Gasteiger partial charge on any atom is 0.260 e. The highest BCUT2D eigenvalue weighted by Crippen LogP contribution is 2.22. The van der Waals surface area contributed by atoms with Crippen LogP contribution in [0.5, 0.6) is 0 Å². The zero-order chi connectivity index (χ0) is 15.0. The Balaban J connectivity index is 2.07. The van der Waals surface area contributed by atoms with Crippen molar-refractivity contribution in [2.45, 2.75) is 0 Å². The van der Waals surface area contributed by atoms with Crippen LogP contribution in [0, 0.1) is 5.82 Å². The number of aromatic amines is 1. The molecule has 0 aliphatic rings. The molecule has 0 radical (unpaired) electrons. The number of halogens is 2. The largest absolute Gasteiger partial charge is 0.399 e. The first-order chi connectivity index (χ1) is 10.0. The monoisotopic (exact) mass is 348 g/mol. The van der Waals surface area contributed by atoms with E-state index in [4.69, 9.17) is 5.73 Å². The minimum atomic E-state index is -0.446. The van der Waals surface area contributed by atoms with E-state index >= 15 is 0 Å². The summed E-state index contributed by atoms with van der Waals surface area (Å²) >= 11 is 3.26. The summed E-state index contributed by atoms with van der Waals surface area (Å²) < 4.78 is 14.4. The molecule has 106 valence electrons. The molecule has 21 heavy (non-hydrogen) atoms. The van der Waals surface area contributed by atoms with Gasteiger partial charge in [0.25, 0.3) is 5.56 Å². The normalized spacial score (nSPS) is 10.8. The topological polar surface area (TPSA) is 83.8 Å². The summed E-state index contributed by atoms with van der Waals surface area (Å²) in [6.07, 6.45) is 0. The molecule has 0 aliphatic heterocycles. The molecular weight excluding hydrogens is 339 g/mol. The number of nitrogens with one attached hydrogen (secondary N) is 2. The summed E-state index contributed by atoms with van der Waals surface area (Å²) in [5, 5.41) is 3.14. The van der Waals surface area contributed by atoms with Crippen molar-refractivity contribution in [3.05, 3.63) is 57.0 Å². The molecule has 3 aromatic rings. The van der Waals surface area contributed by atoms with Crippen LogP contribution in [0.4, 0.5) is 21.7 Å². The van der Waals surface area contributed by atoms with E-state index in [1.807, 2.05) is 0 Å². The van der Waals surface area contributed by atoms with E-state index in [0.717, 1.165) is 0 Å². The van der Waals surface area contributed by atoms with Crippen LogP contribution in [-0.2, 0) is 0 Å². The van der Waals surface area contributed by atoms with E-state index in [1.165, 1.54) is 6.07 Å². The van der Waals surface area contributed by atoms with Gasteiger partial charge in [0, 0.05) is 10.2 Å². The van der Waals surface area contributed by atoms with Gasteiger partial charge in [-0.1, -0.05) is 15.9 Å². The van der Waals surface area contributed by atoms with E-state index < -0.39 is 5.82 Å². The van der Waals surface area contributed by atoms with E-state index in [2.05, 4.69) is 31.2 Å². The molecule has 0 saturated heterocycles. The zero-order valence-corrected chi connectivity index (χ0v) is 12.2. The molecule has 7 heteroatoms. The van der Waals surface area contributed by atoms with Crippen LogP contribution < -0.4 is 16.6 Å². The summed E-state index contributed by atoms with van der Waals surface area (Å²) in [4.78, 5) is 18.8. The maximum atomic E-state index is 13.7. The number of hydrogen-bond acceptors (Lipinski definition) is 4. The summed E-state index contributed by atoms with van der Waals surface area (Å²) in [5.41, 5.74) is 6.47. The van der Waals surface area contributed by atoms with Crippen LogP contribution in [0.15, 0.2) is 45.7 Å². The van der Waals surface area contributed by atoms with Crippen LogP contribution in [-0.4, -0.2) is 9.97 Å². The Hall–Kier alpha value is -2.41. The number of nitrogens with zero attached hydrogens (tertiary/aromatic N) is 1. The van der Waals surface area contributed by atoms with Gasteiger partial charge in [-0.2, -0.15) is 0 Å². The van der Waals surface area contributed by atoms with Crippen LogP contribution in [0.1, 0.15) is 0 Å². The number of nitrogen functional groups attached to an aromatic ring is 1. The van der Waals surface area contributed by atoms with Crippen molar-refractivity contribution in [2.24, 2.45) is 0 Å². The van der Waals surface area contributed by atoms with Gasteiger partial charge in [-0.25, -0.2) is 9.37 Å². The lowest BCUT2D eigenvalue weighted by molar-refractivity contribution is 0.631. The number of hydrogen-bond donors (Lipinski definition) is 3. The number of benzene rings is 2. The summed E-state index contributed by atoms with van der Waals surface area (Å²) in [7, 11) is 0. The van der Waals surface area contributed by atoms with Crippen LogP contribution in [0.3, 0.4) is 0 Å². The number of aromatic nitrogens is 2. The highest BCUT2D eigenvalue weighted by atomic mass is 79.9. The fourth-order valence-electron chi connectivity index (χ4n) is 1.94. The Morgan fingerprint density at radius 1 is 1.24 bits per heavy atom. The highest BCUT2D eigenvalue weighted by molar-refractivity contribution is 9.10. The van der Waals surface area contributed by atoms with Gasteiger partial charge in [-0.3, -0.25) is 9.78 Å². The standard InChI is InChI=1S/C14H10BrFN4O/c15-7-1-3-10(16)12(5-7)19-14-18-11-4-2-8(17)6-9(11)13(21)20-14/h1-6H,17H2,(H2,18,19,20,21). The molecule has 0 atom stereocenters. The number of nitrogens with two attached hydrogens (primary N) is 1. The molecule has 4 N–H and O–H groups in total. The molecule has 0 fully saturated rings. The summed E-state index contributed by atoms with van der Waals surface area (Å²) in [6, 6.07) is 9.29. The predicted molar refractivity (Wildman–Crippen MR) is 84.2 cm³/mol. The first-order valence-corrected chi connectivity index (χ1v) is 6.84. The quantitative estimate of drug-likeness (QED) is 0.621. The van der Waals surface area contributed by atoms with E-state index in [9.17, 15) is 9.18 Å². The molecular formula is C14H10BrFN4O. The maximum absolute atomic E-state index is 13.7. The second-order valence-electron chi connectivity index (χ2n) is 4.44. The van der Waals surface area contributed by atoms with E-state index in [-0.39, 0.29) is 17.2 Å². The highest BCUT2D eigenvalue weighted by Gasteiger charge is 2.07. The van der Waals surface area contributed by atoms with E-state index in [0.29, 0.717) is 21.1 Å². The van der Waals surface area contributed by atoms with Gasteiger partial charge in [-0.15, -0.1) is 0 Å². The number of fused-ring (bicyclic) bond motifs is 1. The molecule has 0 saturated carbocycles. The van der Waals surface area contributed by atoms with Gasteiger partial charge in [0.1, 0.15) is 5.82 Å². The third kappa shape index (κ3) is 2.73. The Morgan fingerprint density at radius 2 is 2.05 bits per heavy atom. The Labute approximate surface area is 127 Å². The fourth-order valence-corrected chi connectivity index (χ4v) is 2.30. The van der Waals surface area contributed by atoms with Gasteiger partial charge in [0.2, 0.25) is 5.95 Å². The molecule has 2 aromatic carbocycles. The first-order valence-electron chi connectivity index (χ1n) is 6.04. The van der Waals surface area contributed by atoms with Gasteiger partial charge < -0.3 is 11.1 Å². The molecule has 0 spiro atoms. The van der Waals surface area contributed by atoms with Crippen molar-refractivity contribution >= 4 is 44.2 Å². The van der Waals surface area contributed by atoms with Gasteiger partial charge in [0.15, 0.2) is 0 Å². The number of rotatable bonds is 2. The molecule has 0 aliphatic carbocycles. The lowest BCUT2D eigenvalue weighted by atomic mass is 10.2. The average Bonchev–Trinajstić information content (AvgIpc) is 2.44. The van der Waals surface area contributed by atoms with Crippen molar-refractivity contribution < 1.29 is 4.39 Å². The first kappa shape index (κ1) is 13.6. The van der Waals surface area contributed by atoms with Crippen LogP contribution >= 0.6 is 15.9 Å². The van der Waals surface area contributed by atoms with Crippen molar-refractivity contribution in [2.75, 3.05) is 11.1 Å². The fraction of sp³-hybridized carbons (Fsp3) is 0. The van der Waals surface area contributed by atoms with Crippen molar-refractivity contribution in [3.63, 3.8) is 0 Å². The third-order valence-electron chi connectivity index (χ3n) is 2.91. The third-order valence-corrected chi connectivity index (χ3v) is 3.40. The second-order valence-corrected chi connectivity index (χ2v) is 5.36. The Bertz CT molecular complexity index is 894. The smallest absolute Gasteiger partial charge is 0.260 e. The Kier molecular flexibility index (Phi) is 3.34. The molecule has 1 aromatic heterocycles. The van der Waals surface area contributed by atoms with E-state index in [1.54, 1.807) is 30.3 Å². The van der Waals surface area contributed by atoms with Crippen LogP contribution in [0.25, 0.3) is 10.9 Å². The number of H-pyrrole nitrogens is 1. The summed E-state index contributed by atoms with van der Waals surface area (Å²) in [5.74, 6) is -0.285. The lowest BCUT2D eigenvalue weighted by Gasteiger charge is -2.08. The molecule has 0 bridgehead atoms. The molecule has 3 rings (SSSR count). The minimum Gasteiger partial charge on any atom is -0.399 e. The van der Waals surface area contributed by atoms with Crippen molar-refractivity contribution in [3.8, 4) is 0 Å². The Morgan fingerprint density at radius 3 is 2.86 bits per heavy atom. The van der Waals surface area contributed by atoms with Gasteiger partial charge in [0.05, 0.1) is 16.6 Å². The minimum absolute atomic E-state index is 0.161. The lowest BCUT2D eigenvalue weighted by Crippen LogP contribution is -2.12. The van der Waals surface area contributed by atoms with Crippen LogP contribution in [0.2, 0.25) is 0 Å². The average molecular weight is 349 g/mol. The zero-order valence-electron chi connectivity index (χ0n) is 10.7. The molecule has 5 nitrogen and oxygen atoms in total. The molecule has 0 amide bonds. The van der Waals surface area contributed by atoms with Crippen molar-refractivity contribution in [1.29, 1.82) is 0 Å². The second kappa shape index (κ2) is 5.17. The van der Waals surface area contributed by atoms with Gasteiger partial charge in [-0.05, 0) is 36.4 Å². The van der Waals surface area contributed by atoms with Crippen molar-refractivity contribution in [1.82, 2.24) is 9.97 Å².